The van der Waals surface area contributed by atoms with Crippen LogP contribution in [0.15, 0.2) is 84.9 Å². The van der Waals surface area contributed by atoms with Crippen LogP contribution in [0.3, 0.4) is 0 Å². The van der Waals surface area contributed by atoms with Gasteiger partial charge in [-0.2, -0.15) is 0 Å². The van der Waals surface area contributed by atoms with Crippen molar-refractivity contribution < 1.29 is 14.2 Å². The highest BCUT2D eigenvalue weighted by molar-refractivity contribution is 5.87. The molecule has 0 N–H and O–H groups in total. The van der Waals surface area contributed by atoms with Crippen molar-refractivity contribution >= 4 is 21.5 Å². The van der Waals surface area contributed by atoms with Gasteiger partial charge in [-0.05, 0) is 32.7 Å². The smallest absolute Gasteiger partial charge is 0.112 e. The zero-order chi connectivity index (χ0) is 19.2. The van der Waals surface area contributed by atoms with Crippen LogP contribution in [0.2, 0.25) is 0 Å². The van der Waals surface area contributed by atoms with Gasteiger partial charge in [0.05, 0.1) is 13.2 Å². The Hall–Kier alpha value is -2.72. The van der Waals surface area contributed by atoms with Crippen molar-refractivity contribution in [2.45, 2.75) is 24.4 Å². The van der Waals surface area contributed by atoms with Crippen molar-refractivity contribution in [3.63, 3.8) is 0 Å². The molecule has 2 saturated heterocycles. The van der Waals surface area contributed by atoms with Gasteiger partial charge in [0, 0.05) is 0 Å². The Morgan fingerprint density at radius 3 is 1.45 bits per heavy atom. The molecule has 4 aromatic rings. The summed E-state index contributed by atoms with van der Waals surface area (Å²) in [6.45, 7) is 1.48. The van der Waals surface area contributed by atoms with Gasteiger partial charge in [-0.25, -0.2) is 0 Å². The lowest BCUT2D eigenvalue weighted by molar-refractivity contribution is -0.0405. The quantitative estimate of drug-likeness (QED) is 0.408. The molecule has 0 amide bonds. The van der Waals surface area contributed by atoms with Crippen LogP contribution < -0.4 is 0 Å². The fraction of sp³-hybridized carbons (Fsp3) is 0.231. The van der Waals surface area contributed by atoms with E-state index in [-0.39, 0.29) is 24.4 Å². The molecule has 144 valence electrons. The normalized spacial score (nSPS) is 22.5. The average Bonchev–Trinajstić information content (AvgIpc) is 3.68. The molecular formula is C26H22O3. The Balaban J connectivity index is 1.43. The Bertz CT molecular complexity index is 1070. The van der Waals surface area contributed by atoms with Gasteiger partial charge in [-0.3, -0.25) is 0 Å². The monoisotopic (exact) mass is 382 g/mol. The summed E-state index contributed by atoms with van der Waals surface area (Å²) in [6, 6.07) is 29.8. The summed E-state index contributed by atoms with van der Waals surface area (Å²) in [6.07, 6.45) is -0.0439. The average molecular weight is 382 g/mol. The van der Waals surface area contributed by atoms with Gasteiger partial charge in [0.25, 0.3) is 0 Å². The van der Waals surface area contributed by atoms with Gasteiger partial charge < -0.3 is 14.2 Å². The van der Waals surface area contributed by atoms with Crippen LogP contribution in [0.1, 0.15) is 23.3 Å². The van der Waals surface area contributed by atoms with Crippen LogP contribution in [0.25, 0.3) is 21.5 Å². The minimum absolute atomic E-state index is 0.0945. The Kier molecular flexibility index (Phi) is 4.12. The minimum Gasteiger partial charge on any atom is -0.370 e. The van der Waals surface area contributed by atoms with Crippen molar-refractivity contribution in [1.29, 1.82) is 0 Å². The molecule has 0 aliphatic carbocycles. The molecule has 2 aliphatic rings. The zero-order valence-electron chi connectivity index (χ0n) is 16.0. The Labute approximate surface area is 169 Å². The topological polar surface area (TPSA) is 34.3 Å². The number of hydrogen-bond acceptors (Lipinski definition) is 3. The van der Waals surface area contributed by atoms with Crippen molar-refractivity contribution in [3.8, 4) is 0 Å². The van der Waals surface area contributed by atoms with Gasteiger partial charge in [0.1, 0.15) is 24.4 Å². The van der Waals surface area contributed by atoms with E-state index in [4.69, 9.17) is 14.2 Å². The van der Waals surface area contributed by atoms with E-state index in [1.165, 1.54) is 32.7 Å². The minimum atomic E-state index is -0.116. The van der Waals surface area contributed by atoms with E-state index in [1.807, 2.05) is 0 Å². The summed E-state index contributed by atoms with van der Waals surface area (Å²) in [5.74, 6) is 0. The first kappa shape index (κ1) is 17.2. The van der Waals surface area contributed by atoms with E-state index < -0.39 is 0 Å². The summed E-state index contributed by atoms with van der Waals surface area (Å²) in [5.41, 5.74) is 2.38. The molecule has 3 heteroatoms. The maximum Gasteiger partial charge on any atom is 0.112 e. The van der Waals surface area contributed by atoms with Crippen LogP contribution in [0.4, 0.5) is 0 Å². The first-order valence-corrected chi connectivity index (χ1v) is 10.2. The molecule has 29 heavy (non-hydrogen) atoms. The van der Waals surface area contributed by atoms with Gasteiger partial charge in [0.15, 0.2) is 0 Å². The van der Waals surface area contributed by atoms with Crippen molar-refractivity contribution in [1.82, 2.24) is 0 Å². The Morgan fingerprint density at radius 2 is 1.00 bits per heavy atom. The maximum atomic E-state index is 6.84. The molecule has 2 heterocycles. The fourth-order valence-electron chi connectivity index (χ4n) is 4.34. The second-order valence-corrected chi connectivity index (χ2v) is 7.86. The molecule has 0 aromatic heterocycles. The second kappa shape index (κ2) is 6.96. The third-order valence-corrected chi connectivity index (χ3v) is 5.95. The van der Waals surface area contributed by atoms with Crippen LogP contribution >= 0.6 is 0 Å². The first-order chi connectivity index (χ1) is 14.4. The van der Waals surface area contributed by atoms with E-state index in [9.17, 15) is 0 Å². The van der Waals surface area contributed by atoms with E-state index in [0.29, 0.717) is 0 Å². The molecule has 2 fully saturated rings. The molecule has 0 radical (unpaired) electrons. The van der Waals surface area contributed by atoms with Crippen molar-refractivity contribution in [2.75, 3.05) is 13.2 Å². The molecule has 3 nitrogen and oxygen atoms in total. The van der Waals surface area contributed by atoms with Gasteiger partial charge in [0.2, 0.25) is 0 Å². The molecular weight excluding hydrogens is 360 g/mol. The standard InChI is InChI=1S/C26H22O3/c1-3-11-19-17(7-1)9-5-13-21(19)25(23-15-27-23)29-26(24-16-28-24)22-14-6-10-18-8-2-4-12-20(18)22/h1-14,23-26H,15-16H2. The molecule has 4 atom stereocenters. The summed E-state index contributed by atoms with van der Waals surface area (Å²) >= 11 is 0. The summed E-state index contributed by atoms with van der Waals surface area (Å²) < 4.78 is 18.3. The zero-order valence-corrected chi connectivity index (χ0v) is 16.0. The molecule has 0 bridgehead atoms. The number of fused-ring (bicyclic) bond motifs is 2. The van der Waals surface area contributed by atoms with Crippen LogP contribution in [-0.2, 0) is 14.2 Å². The predicted octanol–water partition coefficient (Wildman–Crippen LogP) is 5.59. The highest BCUT2D eigenvalue weighted by Crippen LogP contribution is 2.43. The number of hydrogen-bond donors (Lipinski definition) is 0. The maximum absolute atomic E-state index is 6.84. The number of epoxide rings is 2. The molecule has 2 aliphatic heterocycles. The third kappa shape index (κ3) is 3.22. The van der Waals surface area contributed by atoms with Crippen LogP contribution in [0, 0.1) is 0 Å². The molecule has 0 saturated carbocycles. The van der Waals surface area contributed by atoms with Crippen LogP contribution in [-0.4, -0.2) is 25.4 Å². The molecule has 4 aromatic carbocycles. The van der Waals surface area contributed by atoms with Gasteiger partial charge in [-0.1, -0.05) is 84.9 Å². The Morgan fingerprint density at radius 1 is 0.586 bits per heavy atom. The predicted molar refractivity (Wildman–Crippen MR) is 114 cm³/mol. The lowest BCUT2D eigenvalue weighted by Crippen LogP contribution is -2.19. The molecule has 0 spiro atoms. The van der Waals surface area contributed by atoms with E-state index in [0.717, 1.165) is 13.2 Å². The van der Waals surface area contributed by atoms with E-state index >= 15 is 0 Å². The fourth-order valence-corrected chi connectivity index (χ4v) is 4.34. The van der Waals surface area contributed by atoms with Gasteiger partial charge in [-0.15, -0.1) is 0 Å². The summed E-state index contributed by atoms with van der Waals surface area (Å²) in [4.78, 5) is 0. The summed E-state index contributed by atoms with van der Waals surface area (Å²) in [5, 5.41) is 4.90. The largest absolute Gasteiger partial charge is 0.370 e. The second-order valence-electron chi connectivity index (χ2n) is 7.86. The molecule has 4 unspecified atom stereocenters. The summed E-state index contributed by atoms with van der Waals surface area (Å²) in [7, 11) is 0. The molecule has 6 rings (SSSR count). The highest BCUT2D eigenvalue weighted by atomic mass is 16.6. The third-order valence-electron chi connectivity index (χ3n) is 5.95. The lowest BCUT2D eigenvalue weighted by Gasteiger charge is -2.25. The first-order valence-electron chi connectivity index (χ1n) is 10.2. The van der Waals surface area contributed by atoms with Crippen molar-refractivity contribution in [2.24, 2.45) is 0 Å². The number of benzene rings is 4. The number of ether oxygens (including phenoxy) is 3. The van der Waals surface area contributed by atoms with E-state index in [2.05, 4.69) is 84.9 Å². The van der Waals surface area contributed by atoms with Crippen LogP contribution in [0.5, 0.6) is 0 Å². The highest BCUT2D eigenvalue weighted by Gasteiger charge is 2.42. The van der Waals surface area contributed by atoms with Crippen molar-refractivity contribution in [3.05, 3.63) is 96.1 Å². The lowest BCUT2D eigenvalue weighted by atomic mass is 9.96. The van der Waals surface area contributed by atoms with Gasteiger partial charge >= 0.3 is 0 Å². The van der Waals surface area contributed by atoms with E-state index in [1.54, 1.807) is 0 Å². The number of rotatable bonds is 6. The SMILES string of the molecule is c1ccc2c(C(OC(c3cccc4ccccc34)C3CO3)C3CO3)cccc2c1.